The molecule has 0 spiro atoms. The maximum Gasteiger partial charge on any atom is 0.416 e. The molecule has 4 amide bonds. The molecule has 1 heterocycles. The molecule has 2 unspecified atom stereocenters. The summed E-state index contributed by atoms with van der Waals surface area (Å²) in [5, 5.41) is 5.90. The Kier molecular flexibility index (Phi) is 8.89. The van der Waals surface area contributed by atoms with E-state index in [0.717, 1.165) is 54.7 Å². The topological polar surface area (TPSA) is 91.0 Å². The molecule has 1 aliphatic carbocycles. The van der Waals surface area contributed by atoms with E-state index in [4.69, 9.17) is 4.74 Å². The lowest BCUT2D eigenvalue weighted by atomic mass is 9.87. The van der Waals surface area contributed by atoms with Crippen LogP contribution in [0.2, 0.25) is 0 Å². The molecule has 2 N–H and O–H groups in total. The Morgan fingerprint density at radius 2 is 1.67 bits per heavy atom. The highest BCUT2D eigenvalue weighted by Crippen LogP contribution is 2.31. The summed E-state index contributed by atoms with van der Waals surface area (Å²) in [4.78, 5) is 43.4. The smallest absolute Gasteiger partial charge is 0.416 e. The highest BCUT2D eigenvalue weighted by Gasteiger charge is 2.39. The molecule has 3 aromatic carbocycles. The molecule has 0 aromatic heterocycles. The van der Waals surface area contributed by atoms with E-state index >= 15 is 0 Å². The lowest BCUT2D eigenvalue weighted by Gasteiger charge is -2.41. The van der Waals surface area contributed by atoms with Gasteiger partial charge in [0.25, 0.3) is 5.91 Å². The molecule has 3 aromatic rings. The molecular formula is C32H33F3N4O4. The van der Waals surface area contributed by atoms with Crippen molar-refractivity contribution in [2.45, 2.75) is 44.4 Å². The number of nitrogens with one attached hydrogen (secondary N) is 2. The molecule has 0 bridgehead atoms. The van der Waals surface area contributed by atoms with Crippen LogP contribution < -0.4 is 15.4 Å². The number of anilines is 1. The van der Waals surface area contributed by atoms with Gasteiger partial charge in [0.2, 0.25) is 5.91 Å². The molecule has 0 radical (unpaired) electrons. The van der Waals surface area contributed by atoms with E-state index in [-0.39, 0.29) is 31.2 Å². The first kappa shape index (κ1) is 29.9. The number of benzene rings is 3. The van der Waals surface area contributed by atoms with Crippen LogP contribution in [0.3, 0.4) is 0 Å². The quantitative estimate of drug-likeness (QED) is 0.386. The van der Waals surface area contributed by atoms with Crippen LogP contribution in [0.5, 0.6) is 5.75 Å². The Bertz CT molecular complexity index is 1460. The Labute approximate surface area is 247 Å². The van der Waals surface area contributed by atoms with Crippen molar-refractivity contribution in [3.05, 3.63) is 95.1 Å². The largest absolute Gasteiger partial charge is 0.494 e. The second-order valence-corrected chi connectivity index (χ2v) is 10.6. The second kappa shape index (κ2) is 12.8. The first-order valence-electron chi connectivity index (χ1n) is 14.3. The first-order valence-corrected chi connectivity index (χ1v) is 14.3. The van der Waals surface area contributed by atoms with E-state index in [9.17, 15) is 27.6 Å². The molecule has 1 saturated heterocycles. The molecule has 11 heteroatoms. The number of hydrogen-bond donors (Lipinski definition) is 2. The molecule has 226 valence electrons. The number of carbonyl (C=O) groups is 3. The molecule has 2 atom stereocenters. The molecular weight excluding hydrogens is 561 g/mol. The molecule has 0 saturated carbocycles. The van der Waals surface area contributed by atoms with Crippen molar-refractivity contribution in [2.24, 2.45) is 0 Å². The van der Waals surface area contributed by atoms with Crippen molar-refractivity contribution in [3.8, 4) is 5.75 Å². The van der Waals surface area contributed by atoms with Gasteiger partial charge in [0.1, 0.15) is 11.8 Å². The Morgan fingerprint density at radius 1 is 0.953 bits per heavy atom. The van der Waals surface area contributed by atoms with Gasteiger partial charge in [-0.2, -0.15) is 13.2 Å². The summed E-state index contributed by atoms with van der Waals surface area (Å²) in [5.74, 6) is -0.345. The summed E-state index contributed by atoms with van der Waals surface area (Å²) in [6.45, 7) is 2.45. The molecule has 43 heavy (non-hydrogen) atoms. The lowest BCUT2D eigenvalue weighted by Crippen LogP contribution is -2.62. The number of amides is 4. The summed E-state index contributed by atoms with van der Waals surface area (Å²) < 4.78 is 44.7. The van der Waals surface area contributed by atoms with E-state index < -0.39 is 35.6 Å². The van der Waals surface area contributed by atoms with Crippen LogP contribution in [0.25, 0.3) is 0 Å². The average Bonchev–Trinajstić information content (AvgIpc) is 3.01. The molecule has 2 aliphatic rings. The minimum atomic E-state index is -4.54. The summed E-state index contributed by atoms with van der Waals surface area (Å²) in [7, 11) is 0. The van der Waals surface area contributed by atoms with Gasteiger partial charge in [-0.15, -0.1) is 0 Å². The van der Waals surface area contributed by atoms with Gasteiger partial charge < -0.3 is 25.2 Å². The van der Waals surface area contributed by atoms with E-state index in [0.29, 0.717) is 18.0 Å². The van der Waals surface area contributed by atoms with Crippen molar-refractivity contribution in [1.82, 2.24) is 15.1 Å². The van der Waals surface area contributed by atoms with Crippen LogP contribution >= 0.6 is 0 Å². The Balaban J connectivity index is 1.35. The van der Waals surface area contributed by atoms with Gasteiger partial charge in [-0.1, -0.05) is 24.3 Å². The Hall–Kier alpha value is -4.54. The van der Waals surface area contributed by atoms with E-state index in [1.54, 1.807) is 24.3 Å². The maximum atomic E-state index is 13.8. The van der Waals surface area contributed by atoms with E-state index in [1.807, 2.05) is 31.2 Å². The monoisotopic (exact) mass is 594 g/mol. The van der Waals surface area contributed by atoms with Crippen LogP contribution in [0.15, 0.2) is 72.8 Å². The minimum absolute atomic E-state index is 0.0237. The number of rotatable bonds is 6. The number of ether oxygens (including phenoxy) is 1. The highest BCUT2D eigenvalue weighted by atomic mass is 19.4. The second-order valence-electron chi connectivity index (χ2n) is 10.6. The molecule has 8 nitrogen and oxygen atoms in total. The first-order chi connectivity index (χ1) is 20.6. The number of halogens is 3. The number of hydrogen-bond acceptors (Lipinski definition) is 4. The third-order valence-corrected chi connectivity index (χ3v) is 7.79. The van der Waals surface area contributed by atoms with Gasteiger partial charge in [-0.3, -0.25) is 9.59 Å². The maximum absolute atomic E-state index is 13.8. The van der Waals surface area contributed by atoms with Gasteiger partial charge >= 0.3 is 12.2 Å². The fourth-order valence-electron chi connectivity index (χ4n) is 5.58. The average molecular weight is 595 g/mol. The number of aryl methyl sites for hydroxylation is 1. The predicted octanol–water partition coefficient (Wildman–Crippen LogP) is 5.66. The number of urea groups is 1. The summed E-state index contributed by atoms with van der Waals surface area (Å²) in [6, 6.07) is 16.9. The lowest BCUT2D eigenvalue weighted by molar-refractivity contribution is -0.137. The molecule has 1 fully saturated rings. The summed E-state index contributed by atoms with van der Waals surface area (Å²) >= 11 is 0. The minimum Gasteiger partial charge on any atom is -0.494 e. The van der Waals surface area contributed by atoms with Gasteiger partial charge in [-0.25, -0.2) is 4.79 Å². The zero-order valence-corrected chi connectivity index (χ0v) is 23.7. The normalized spacial score (nSPS) is 18.4. The van der Waals surface area contributed by atoms with Crippen molar-refractivity contribution >= 4 is 23.5 Å². The van der Waals surface area contributed by atoms with Crippen molar-refractivity contribution in [1.29, 1.82) is 0 Å². The number of piperazine rings is 1. The number of fused-ring (bicyclic) bond motifs is 1. The van der Waals surface area contributed by atoms with Crippen LogP contribution in [-0.4, -0.2) is 59.9 Å². The van der Waals surface area contributed by atoms with Gasteiger partial charge in [0.05, 0.1) is 24.8 Å². The predicted molar refractivity (Wildman–Crippen MR) is 155 cm³/mol. The van der Waals surface area contributed by atoms with Crippen LogP contribution in [0.4, 0.5) is 23.7 Å². The van der Waals surface area contributed by atoms with Crippen molar-refractivity contribution in [2.75, 3.05) is 31.6 Å². The van der Waals surface area contributed by atoms with Crippen LogP contribution in [0, 0.1) is 0 Å². The zero-order valence-electron chi connectivity index (χ0n) is 23.7. The van der Waals surface area contributed by atoms with Crippen LogP contribution in [-0.2, 0) is 17.4 Å². The number of carbonyl (C=O) groups excluding carboxylic acids is 3. The SMILES string of the molecule is CCOc1ccc(NC(=O)N2CCN(C(=O)c3ccc(C(F)(F)F)cc3)C(C(=O)NC3CCCc4ccccc43)C2)cc1. The molecule has 5 rings (SSSR count). The van der Waals surface area contributed by atoms with Crippen LogP contribution in [0.1, 0.15) is 52.9 Å². The van der Waals surface area contributed by atoms with Crippen molar-refractivity contribution < 1.29 is 32.3 Å². The number of alkyl halides is 3. The van der Waals surface area contributed by atoms with Crippen molar-refractivity contribution in [3.63, 3.8) is 0 Å². The zero-order chi connectivity index (χ0) is 30.6. The fraction of sp³-hybridized carbons (Fsp3) is 0.344. The third-order valence-electron chi connectivity index (χ3n) is 7.79. The van der Waals surface area contributed by atoms with E-state index in [1.165, 1.54) is 9.80 Å². The Morgan fingerprint density at radius 3 is 2.37 bits per heavy atom. The van der Waals surface area contributed by atoms with E-state index in [2.05, 4.69) is 10.6 Å². The summed E-state index contributed by atoms with van der Waals surface area (Å²) in [6.07, 6.45) is -2.02. The van der Waals surface area contributed by atoms with Gasteiger partial charge in [-0.05, 0) is 85.8 Å². The standard InChI is InChI=1S/C32H33F3N4O4/c1-2-43-25-16-14-24(15-17-25)36-31(42)38-18-19-39(30(41)22-10-12-23(13-11-22)32(33,34)35)28(20-38)29(40)37-27-9-5-7-21-6-3-4-8-26(21)27/h3-4,6,8,10-17,27-28H,2,5,7,9,18-20H2,1H3,(H,36,42)(H,37,40). The van der Waals surface area contributed by atoms with Gasteiger partial charge in [0, 0.05) is 24.3 Å². The van der Waals surface area contributed by atoms with Gasteiger partial charge in [0.15, 0.2) is 0 Å². The third kappa shape index (κ3) is 6.93. The molecule has 1 aliphatic heterocycles. The number of nitrogens with zero attached hydrogens (tertiary/aromatic N) is 2. The fourth-order valence-corrected chi connectivity index (χ4v) is 5.58. The highest BCUT2D eigenvalue weighted by molar-refractivity contribution is 5.98. The summed E-state index contributed by atoms with van der Waals surface area (Å²) in [5.41, 5.74) is 1.86.